The normalized spacial score (nSPS) is 15.3. The number of carbonyl (C=O) groups excluding carboxylic acids is 2. The highest BCUT2D eigenvalue weighted by molar-refractivity contribution is 8.00. The molecule has 1 saturated heterocycles. The first-order chi connectivity index (χ1) is 17.5. The summed E-state index contributed by atoms with van der Waals surface area (Å²) in [5, 5.41) is -0.250. The van der Waals surface area contributed by atoms with E-state index in [1.54, 1.807) is 47.6 Å². The maximum Gasteiger partial charge on any atom is 0.338 e. The summed E-state index contributed by atoms with van der Waals surface area (Å²) in [4.78, 5) is 30.9. The fraction of sp³-hybridized carbons (Fsp3) is 0.296. The maximum absolute atomic E-state index is 13.3. The number of anilines is 1. The number of halogens is 1. The molecular weight excluding hydrogens is 483 g/mol. The molecule has 2 heterocycles. The van der Waals surface area contributed by atoms with Crippen molar-refractivity contribution in [2.45, 2.75) is 18.9 Å². The summed E-state index contributed by atoms with van der Waals surface area (Å²) in [5.41, 5.74) is 3.72. The second kappa shape index (κ2) is 12.6. The van der Waals surface area contributed by atoms with Crippen molar-refractivity contribution in [3.8, 4) is 0 Å². The molecule has 3 aromatic rings. The van der Waals surface area contributed by atoms with E-state index in [9.17, 15) is 14.0 Å². The average Bonchev–Trinajstić information content (AvgIpc) is 3.27. The van der Waals surface area contributed by atoms with Gasteiger partial charge in [0.15, 0.2) is 0 Å². The van der Waals surface area contributed by atoms with Crippen LogP contribution in [0.2, 0.25) is 0 Å². The summed E-state index contributed by atoms with van der Waals surface area (Å²) in [6.07, 6.45) is 3.46. The summed E-state index contributed by atoms with van der Waals surface area (Å²) in [5.74, 6) is -0.481. The van der Waals surface area contributed by atoms with Gasteiger partial charge in [-0.15, -0.1) is 11.8 Å². The monoisotopic (exact) mass is 510 g/mol. The van der Waals surface area contributed by atoms with Crippen LogP contribution in [0.3, 0.4) is 0 Å². The lowest BCUT2D eigenvalue weighted by molar-refractivity contribution is -0.115. The third kappa shape index (κ3) is 6.69. The number of hydrogen-bond acceptors (Lipinski definition) is 7. The Morgan fingerprint density at radius 1 is 1.08 bits per heavy atom. The molecule has 1 atom stereocenters. The molecule has 2 aromatic carbocycles. The minimum atomic E-state index is -0.460. The van der Waals surface area contributed by atoms with Crippen LogP contribution >= 0.6 is 11.8 Å². The Morgan fingerprint density at radius 3 is 2.61 bits per heavy atom. The minimum absolute atomic E-state index is 0.0330. The van der Waals surface area contributed by atoms with Crippen molar-refractivity contribution in [2.75, 3.05) is 37.1 Å². The van der Waals surface area contributed by atoms with E-state index in [-0.39, 0.29) is 30.3 Å². The number of pyridine rings is 1. The molecule has 1 aliphatic rings. The highest BCUT2D eigenvalue weighted by atomic mass is 32.2. The third-order valence-electron chi connectivity index (χ3n) is 5.54. The van der Waals surface area contributed by atoms with Crippen LogP contribution in [0.15, 0.2) is 67.0 Å². The fourth-order valence-electron chi connectivity index (χ4n) is 3.78. The van der Waals surface area contributed by atoms with E-state index in [1.807, 2.05) is 19.1 Å². The van der Waals surface area contributed by atoms with E-state index in [1.165, 1.54) is 23.9 Å². The number of benzene rings is 2. The smallest absolute Gasteiger partial charge is 0.338 e. The number of aromatic nitrogens is 1. The third-order valence-corrected chi connectivity index (χ3v) is 6.75. The van der Waals surface area contributed by atoms with E-state index in [2.05, 4.69) is 4.98 Å². The van der Waals surface area contributed by atoms with Gasteiger partial charge >= 0.3 is 5.97 Å². The van der Waals surface area contributed by atoms with Crippen molar-refractivity contribution in [3.05, 3.63) is 95.1 Å². The number of amides is 1. The van der Waals surface area contributed by atoms with Crippen LogP contribution in [0.4, 0.5) is 10.1 Å². The second-order valence-electron chi connectivity index (χ2n) is 8.14. The first-order valence-electron chi connectivity index (χ1n) is 11.5. The molecule has 0 radical (unpaired) electrons. The Kier molecular flexibility index (Phi) is 9.05. The molecular formula is C27H27FN2O5S. The predicted molar refractivity (Wildman–Crippen MR) is 135 cm³/mol. The Labute approximate surface area is 213 Å². The largest absolute Gasteiger partial charge is 0.460 e. The fourth-order valence-corrected chi connectivity index (χ4v) is 4.95. The number of rotatable bonds is 11. The first kappa shape index (κ1) is 25.8. The zero-order valence-electron chi connectivity index (χ0n) is 19.9. The summed E-state index contributed by atoms with van der Waals surface area (Å²) < 4.78 is 29.6. The van der Waals surface area contributed by atoms with Crippen LogP contribution in [0.5, 0.6) is 0 Å². The van der Waals surface area contributed by atoms with E-state index < -0.39 is 5.97 Å². The van der Waals surface area contributed by atoms with E-state index in [0.717, 1.165) is 16.7 Å². The van der Waals surface area contributed by atoms with Crippen LogP contribution in [0.25, 0.3) is 0 Å². The topological polar surface area (TPSA) is 78.0 Å². The molecule has 1 aliphatic heterocycles. The van der Waals surface area contributed by atoms with E-state index in [4.69, 9.17) is 14.2 Å². The average molecular weight is 511 g/mol. The van der Waals surface area contributed by atoms with Crippen molar-refractivity contribution in [1.82, 2.24) is 4.98 Å². The van der Waals surface area contributed by atoms with Gasteiger partial charge in [0.1, 0.15) is 17.8 Å². The van der Waals surface area contributed by atoms with Gasteiger partial charge in [-0.2, -0.15) is 0 Å². The molecule has 9 heteroatoms. The molecule has 0 N–H and O–H groups in total. The van der Waals surface area contributed by atoms with Crippen LogP contribution < -0.4 is 4.90 Å². The highest BCUT2D eigenvalue weighted by Gasteiger charge is 2.35. The van der Waals surface area contributed by atoms with Crippen molar-refractivity contribution in [3.63, 3.8) is 0 Å². The summed E-state index contributed by atoms with van der Waals surface area (Å²) >= 11 is 1.49. The summed E-state index contributed by atoms with van der Waals surface area (Å²) in [7, 11) is 0. The van der Waals surface area contributed by atoms with Crippen molar-refractivity contribution in [1.29, 1.82) is 0 Å². The molecule has 0 bridgehead atoms. The lowest BCUT2D eigenvalue weighted by Gasteiger charge is -2.26. The second-order valence-corrected chi connectivity index (χ2v) is 9.21. The Morgan fingerprint density at radius 2 is 1.86 bits per heavy atom. The Bertz CT molecular complexity index is 1180. The molecule has 36 heavy (non-hydrogen) atoms. The first-order valence-corrected chi connectivity index (χ1v) is 12.6. The van der Waals surface area contributed by atoms with Gasteiger partial charge in [0.05, 0.1) is 37.7 Å². The molecule has 4 rings (SSSR count). The van der Waals surface area contributed by atoms with Crippen molar-refractivity contribution >= 4 is 29.3 Å². The van der Waals surface area contributed by atoms with E-state index in [0.29, 0.717) is 36.8 Å². The molecule has 1 amide bonds. The number of nitrogens with zero attached hydrogens (tertiary/aromatic N) is 2. The van der Waals surface area contributed by atoms with Gasteiger partial charge in [-0.25, -0.2) is 9.18 Å². The molecule has 0 spiro atoms. The number of aryl methyl sites for hydroxylation is 1. The zero-order chi connectivity index (χ0) is 25.3. The van der Waals surface area contributed by atoms with Gasteiger partial charge in [0, 0.05) is 18.1 Å². The van der Waals surface area contributed by atoms with Crippen LogP contribution in [-0.2, 0) is 25.6 Å². The van der Waals surface area contributed by atoms with Gasteiger partial charge in [-0.05, 0) is 60.0 Å². The minimum Gasteiger partial charge on any atom is -0.460 e. The number of hydrogen-bond donors (Lipinski definition) is 0. The number of ether oxygens (including phenoxy) is 3. The van der Waals surface area contributed by atoms with Crippen LogP contribution in [0, 0.1) is 12.7 Å². The van der Waals surface area contributed by atoms with Gasteiger partial charge in [-0.1, -0.05) is 18.2 Å². The van der Waals surface area contributed by atoms with Gasteiger partial charge in [-0.3, -0.25) is 14.7 Å². The highest BCUT2D eigenvalue weighted by Crippen LogP contribution is 2.42. The lowest BCUT2D eigenvalue weighted by atomic mass is 10.1. The van der Waals surface area contributed by atoms with Crippen molar-refractivity contribution in [2.24, 2.45) is 0 Å². The Balaban J connectivity index is 1.24. The van der Waals surface area contributed by atoms with E-state index >= 15 is 0 Å². The van der Waals surface area contributed by atoms with Crippen LogP contribution in [-0.4, -0.2) is 49.0 Å². The standard InChI is InChI=1S/C27H27FN2O5S/c1-19-15-22(27(32)35-14-13-33-11-12-34-17-20-3-2-10-29-16-20)6-9-24(19)30-25(31)18-36-26(30)21-4-7-23(28)8-5-21/h2-10,15-16,26H,11-14,17-18H2,1H3. The lowest BCUT2D eigenvalue weighted by Crippen LogP contribution is -2.28. The van der Waals surface area contributed by atoms with Crippen LogP contribution in [0.1, 0.15) is 32.4 Å². The molecule has 0 aliphatic carbocycles. The summed E-state index contributed by atoms with van der Waals surface area (Å²) in [6.45, 7) is 3.51. The van der Waals surface area contributed by atoms with Gasteiger partial charge < -0.3 is 14.2 Å². The molecule has 0 saturated carbocycles. The maximum atomic E-state index is 13.3. The SMILES string of the molecule is Cc1cc(C(=O)OCCOCCOCc2cccnc2)ccc1N1C(=O)CSC1c1ccc(F)cc1. The van der Waals surface area contributed by atoms with Crippen molar-refractivity contribution < 1.29 is 28.2 Å². The molecule has 7 nitrogen and oxygen atoms in total. The molecule has 1 fully saturated rings. The predicted octanol–water partition coefficient (Wildman–Crippen LogP) is 4.70. The molecule has 1 aromatic heterocycles. The molecule has 188 valence electrons. The number of thioether (sulfide) groups is 1. The number of esters is 1. The van der Waals surface area contributed by atoms with Gasteiger partial charge in [0.2, 0.25) is 5.91 Å². The quantitative estimate of drug-likeness (QED) is 0.273. The van der Waals surface area contributed by atoms with Gasteiger partial charge in [0.25, 0.3) is 0 Å². The molecule has 1 unspecified atom stereocenters. The Hall–Kier alpha value is -3.27. The summed E-state index contributed by atoms with van der Waals surface area (Å²) in [6, 6.07) is 15.1. The number of carbonyl (C=O) groups is 2. The zero-order valence-corrected chi connectivity index (χ0v) is 20.7.